The summed E-state index contributed by atoms with van der Waals surface area (Å²) in [6.07, 6.45) is 1.06. The number of rotatable bonds is 1. The van der Waals surface area contributed by atoms with Crippen molar-refractivity contribution in [3.63, 3.8) is 0 Å². The summed E-state index contributed by atoms with van der Waals surface area (Å²) in [6.45, 7) is 0.823. The second-order valence-electron chi connectivity index (χ2n) is 3.26. The van der Waals surface area contributed by atoms with Gasteiger partial charge in [-0.1, -0.05) is 6.07 Å². The minimum absolute atomic E-state index is 0.161. The fourth-order valence-corrected chi connectivity index (χ4v) is 1.44. The van der Waals surface area contributed by atoms with Crippen LogP contribution in [0.4, 0.5) is 14.5 Å². The van der Waals surface area contributed by atoms with Gasteiger partial charge in [0.2, 0.25) is 0 Å². The van der Waals surface area contributed by atoms with E-state index in [1.54, 1.807) is 18.2 Å². The third kappa shape index (κ3) is 1.23. The van der Waals surface area contributed by atoms with Crippen molar-refractivity contribution in [3.05, 3.63) is 30.0 Å². The fraction of sp³-hybridized carbons (Fsp3) is 0.200. The van der Waals surface area contributed by atoms with Gasteiger partial charge >= 0.3 is 0 Å². The third-order valence-corrected chi connectivity index (χ3v) is 2.10. The minimum Gasteiger partial charge on any atom is -0.464 e. The maximum atomic E-state index is 13.1. The average molecular weight is 197 g/mol. The van der Waals surface area contributed by atoms with E-state index in [1.807, 2.05) is 0 Å². The molecule has 1 aromatic carbocycles. The number of fused-ring (bicyclic) bond motifs is 1. The maximum Gasteiger partial charge on any atom is 0.274 e. The molecule has 0 unspecified atom stereocenters. The van der Waals surface area contributed by atoms with Gasteiger partial charge in [-0.2, -0.15) is 0 Å². The average Bonchev–Trinajstić information content (AvgIpc) is 2.47. The van der Waals surface area contributed by atoms with Crippen molar-refractivity contribution in [1.82, 2.24) is 0 Å². The van der Waals surface area contributed by atoms with Crippen LogP contribution in [0.1, 0.15) is 12.5 Å². The summed E-state index contributed by atoms with van der Waals surface area (Å²) in [5, 5.41) is 0.306. The van der Waals surface area contributed by atoms with Gasteiger partial charge in [0.15, 0.2) is 0 Å². The molecular weight excluding hydrogens is 188 g/mol. The van der Waals surface area contributed by atoms with Crippen LogP contribution in [-0.4, -0.2) is 0 Å². The van der Waals surface area contributed by atoms with Crippen molar-refractivity contribution in [2.75, 3.05) is 5.73 Å². The van der Waals surface area contributed by atoms with E-state index in [1.165, 1.54) is 0 Å². The van der Waals surface area contributed by atoms with Crippen molar-refractivity contribution in [2.24, 2.45) is 0 Å². The first-order chi connectivity index (χ1) is 6.50. The molecular formula is C10H9F2NO. The Morgan fingerprint density at radius 3 is 2.71 bits per heavy atom. The first kappa shape index (κ1) is 8.99. The summed E-state index contributed by atoms with van der Waals surface area (Å²) in [6, 6.07) is 4.85. The zero-order valence-corrected chi connectivity index (χ0v) is 7.55. The van der Waals surface area contributed by atoms with Crippen molar-refractivity contribution in [3.8, 4) is 0 Å². The number of nitrogens with two attached hydrogens (primary N) is 1. The molecule has 1 heterocycles. The van der Waals surface area contributed by atoms with Crippen LogP contribution < -0.4 is 5.73 Å². The van der Waals surface area contributed by atoms with Crippen molar-refractivity contribution in [2.45, 2.75) is 12.8 Å². The quantitative estimate of drug-likeness (QED) is 0.713. The number of halogens is 2. The van der Waals surface area contributed by atoms with Crippen molar-refractivity contribution >= 4 is 16.7 Å². The van der Waals surface area contributed by atoms with E-state index in [0.717, 1.165) is 13.2 Å². The van der Waals surface area contributed by atoms with Crippen molar-refractivity contribution < 1.29 is 13.2 Å². The second kappa shape index (κ2) is 2.70. The molecule has 0 bridgehead atoms. The number of nitrogen functional groups attached to an aromatic ring is 1. The lowest BCUT2D eigenvalue weighted by Gasteiger charge is -2.08. The van der Waals surface area contributed by atoms with Gasteiger partial charge in [0.1, 0.15) is 11.8 Å². The van der Waals surface area contributed by atoms with Crippen LogP contribution in [0, 0.1) is 0 Å². The summed E-state index contributed by atoms with van der Waals surface area (Å²) < 4.78 is 31.2. The van der Waals surface area contributed by atoms with E-state index in [-0.39, 0.29) is 5.56 Å². The molecule has 2 nitrogen and oxygen atoms in total. The van der Waals surface area contributed by atoms with E-state index < -0.39 is 5.92 Å². The molecule has 2 rings (SSSR count). The molecule has 0 aliphatic heterocycles. The Labute approximate surface area is 79.3 Å². The van der Waals surface area contributed by atoms with E-state index in [2.05, 4.69) is 0 Å². The lowest BCUT2D eigenvalue weighted by Crippen LogP contribution is -2.06. The summed E-state index contributed by atoms with van der Waals surface area (Å²) in [7, 11) is 0. The monoisotopic (exact) mass is 197 g/mol. The topological polar surface area (TPSA) is 39.2 Å². The highest BCUT2D eigenvalue weighted by molar-refractivity contribution is 5.92. The minimum atomic E-state index is -2.93. The molecule has 2 N–H and O–H groups in total. The Morgan fingerprint density at radius 1 is 1.36 bits per heavy atom. The van der Waals surface area contributed by atoms with Gasteiger partial charge in [-0.25, -0.2) is 8.78 Å². The van der Waals surface area contributed by atoms with E-state index in [9.17, 15) is 8.78 Å². The summed E-state index contributed by atoms with van der Waals surface area (Å²) >= 11 is 0. The second-order valence-corrected chi connectivity index (χ2v) is 3.26. The molecule has 0 radical (unpaired) electrons. The van der Waals surface area contributed by atoms with Crippen LogP contribution in [0.3, 0.4) is 0 Å². The molecule has 0 saturated carbocycles. The summed E-state index contributed by atoms with van der Waals surface area (Å²) in [4.78, 5) is 0. The highest BCUT2D eigenvalue weighted by Gasteiger charge is 2.29. The van der Waals surface area contributed by atoms with Crippen LogP contribution >= 0.6 is 0 Å². The lowest BCUT2D eigenvalue weighted by molar-refractivity contribution is 0.0183. The van der Waals surface area contributed by atoms with Crippen LogP contribution in [0.15, 0.2) is 28.9 Å². The number of benzene rings is 1. The fourth-order valence-electron chi connectivity index (χ4n) is 1.44. The molecule has 0 fully saturated rings. The maximum absolute atomic E-state index is 13.1. The Balaban J connectivity index is 2.80. The smallest absolute Gasteiger partial charge is 0.274 e. The molecule has 4 heteroatoms. The van der Waals surface area contributed by atoms with Gasteiger partial charge in [0.25, 0.3) is 5.92 Å². The van der Waals surface area contributed by atoms with Crippen LogP contribution in [-0.2, 0) is 5.92 Å². The van der Waals surface area contributed by atoms with E-state index in [4.69, 9.17) is 10.2 Å². The van der Waals surface area contributed by atoms with E-state index >= 15 is 0 Å². The molecule has 14 heavy (non-hydrogen) atoms. The van der Waals surface area contributed by atoms with Gasteiger partial charge in [0.05, 0.1) is 10.9 Å². The van der Waals surface area contributed by atoms with Gasteiger partial charge in [-0.15, -0.1) is 0 Å². The molecule has 0 aliphatic carbocycles. The highest BCUT2D eigenvalue weighted by atomic mass is 19.3. The molecule has 0 amide bonds. The third-order valence-electron chi connectivity index (χ3n) is 2.10. The van der Waals surface area contributed by atoms with Gasteiger partial charge < -0.3 is 10.2 Å². The van der Waals surface area contributed by atoms with Gasteiger partial charge in [-0.05, 0) is 12.1 Å². The Morgan fingerprint density at radius 2 is 2.07 bits per heavy atom. The SMILES string of the molecule is CC(F)(F)c1coc2cccc(N)c12. The molecule has 0 atom stereocenters. The van der Waals surface area contributed by atoms with Gasteiger partial charge in [0, 0.05) is 12.6 Å². The number of alkyl halides is 2. The zero-order valence-electron chi connectivity index (χ0n) is 7.55. The number of anilines is 1. The number of hydrogen-bond acceptors (Lipinski definition) is 2. The summed E-state index contributed by atoms with van der Waals surface area (Å²) in [5.41, 5.74) is 6.15. The molecule has 0 aliphatic rings. The number of furan rings is 1. The van der Waals surface area contributed by atoms with Crippen LogP contribution in [0.2, 0.25) is 0 Å². The van der Waals surface area contributed by atoms with Crippen LogP contribution in [0.25, 0.3) is 11.0 Å². The first-order valence-electron chi connectivity index (χ1n) is 4.14. The molecule has 0 spiro atoms. The highest BCUT2D eigenvalue weighted by Crippen LogP contribution is 2.37. The largest absolute Gasteiger partial charge is 0.464 e. The first-order valence-corrected chi connectivity index (χ1v) is 4.14. The molecule has 0 saturated heterocycles. The Kier molecular flexibility index (Phi) is 1.74. The standard InChI is InChI=1S/C10H9F2NO/c1-10(11,12)6-5-14-8-4-2-3-7(13)9(6)8/h2-5H,13H2,1H3. The predicted molar refractivity (Wildman–Crippen MR) is 50.2 cm³/mol. The summed E-state index contributed by atoms with van der Waals surface area (Å²) in [5.74, 6) is -2.93. The normalized spacial score (nSPS) is 12.2. The van der Waals surface area contributed by atoms with Crippen molar-refractivity contribution in [1.29, 1.82) is 0 Å². The Hall–Kier alpha value is -1.58. The lowest BCUT2D eigenvalue weighted by atomic mass is 10.1. The van der Waals surface area contributed by atoms with Gasteiger partial charge in [-0.3, -0.25) is 0 Å². The predicted octanol–water partition coefficient (Wildman–Crippen LogP) is 3.13. The molecule has 2 aromatic rings. The molecule has 74 valence electrons. The zero-order chi connectivity index (χ0) is 10.3. The number of hydrogen-bond donors (Lipinski definition) is 1. The molecule has 1 aromatic heterocycles. The van der Waals surface area contributed by atoms with Crippen LogP contribution in [0.5, 0.6) is 0 Å². The van der Waals surface area contributed by atoms with E-state index in [0.29, 0.717) is 16.7 Å². The Bertz CT molecular complexity index is 470.